The van der Waals surface area contributed by atoms with Crippen molar-refractivity contribution in [3.05, 3.63) is 30.2 Å². The highest BCUT2D eigenvalue weighted by atomic mass is 16.1. The van der Waals surface area contributed by atoms with Gasteiger partial charge in [0.1, 0.15) is 17.3 Å². The van der Waals surface area contributed by atoms with Gasteiger partial charge in [-0.2, -0.15) is 0 Å². The Morgan fingerprint density at radius 2 is 2.21 bits per heavy atom. The Hall–Kier alpha value is -1.91. The van der Waals surface area contributed by atoms with Crippen LogP contribution in [0.3, 0.4) is 0 Å². The monoisotopic (exact) mass is 262 g/mol. The van der Waals surface area contributed by atoms with Crippen molar-refractivity contribution < 1.29 is 4.79 Å². The molecule has 0 aliphatic carbocycles. The summed E-state index contributed by atoms with van der Waals surface area (Å²) in [7, 11) is 0. The van der Waals surface area contributed by atoms with E-state index in [4.69, 9.17) is 0 Å². The number of aryl methyl sites for hydroxylation is 1. The minimum atomic E-state index is -0.211. The van der Waals surface area contributed by atoms with Crippen molar-refractivity contribution >= 4 is 11.7 Å². The van der Waals surface area contributed by atoms with Gasteiger partial charge < -0.3 is 10.6 Å². The van der Waals surface area contributed by atoms with Crippen molar-refractivity contribution in [1.29, 1.82) is 0 Å². The third-order valence-corrected chi connectivity index (χ3v) is 2.51. The molecule has 1 heterocycles. The summed E-state index contributed by atoms with van der Waals surface area (Å²) < 4.78 is 0. The summed E-state index contributed by atoms with van der Waals surface area (Å²) in [5, 5.41) is 5.92. The SMILES string of the molecule is C=CCNC(=O)c1cc(NCCC(C)C)nc(C)n1. The molecule has 0 saturated heterocycles. The summed E-state index contributed by atoms with van der Waals surface area (Å²) in [6, 6.07) is 1.67. The third kappa shape index (κ3) is 5.50. The van der Waals surface area contributed by atoms with Crippen LogP contribution in [-0.4, -0.2) is 29.0 Å². The van der Waals surface area contributed by atoms with Gasteiger partial charge >= 0.3 is 0 Å². The Morgan fingerprint density at radius 1 is 1.47 bits per heavy atom. The molecule has 0 saturated carbocycles. The fraction of sp³-hybridized carbons (Fsp3) is 0.500. The standard InChI is InChI=1S/C14H22N4O/c1-5-7-16-14(19)12-9-13(18-11(4)17-12)15-8-6-10(2)3/h5,9-10H,1,6-8H2,2-4H3,(H,16,19)(H,15,17,18). The normalized spacial score (nSPS) is 10.3. The summed E-state index contributed by atoms with van der Waals surface area (Å²) in [5.41, 5.74) is 0.376. The van der Waals surface area contributed by atoms with Crippen LogP contribution in [0, 0.1) is 12.8 Å². The van der Waals surface area contributed by atoms with Gasteiger partial charge in [0.05, 0.1) is 0 Å². The molecule has 5 heteroatoms. The first kappa shape index (κ1) is 15.1. The van der Waals surface area contributed by atoms with Gasteiger partial charge in [-0.25, -0.2) is 9.97 Å². The maximum atomic E-state index is 11.8. The molecule has 1 aromatic rings. The van der Waals surface area contributed by atoms with Crippen molar-refractivity contribution in [3.8, 4) is 0 Å². The van der Waals surface area contributed by atoms with Gasteiger partial charge in [0, 0.05) is 19.2 Å². The fourth-order valence-electron chi connectivity index (χ4n) is 1.52. The molecule has 2 N–H and O–H groups in total. The molecule has 19 heavy (non-hydrogen) atoms. The van der Waals surface area contributed by atoms with E-state index in [2.05, 4.69) is 41.0 Å². The lowest BCUT2D eigenvalue weighted by atomic mass is 10.1. The predicted octanol–water partition coefficient (Wildman–Crippen LogP) is 2.16. The second-order valence-corrected chi connectivity index (χ2v) is 4.79. The van der Waals surface area contributed by atoms with E-state index in [0.29, 0.717) is 29.8 Å². The number of nitrogens with one attached hydrogen (secondary N) is 2. The van der Waals surface area contributed by atoms with Crippen molar-refractivity contribution in [2.75, 3.05) is 18.4 Å². The van der Waals surface area contributed by atoms with Gasteiger partial charge in [0.2, 0.25) is 0 Å². The molecule has 1 aromatic heterocycles. The highest BCUT2D eigenvalue weighted by Crippen LogP contribution is 2.08. The lowest BCUT2D eigenvalue weighted by molar-refractivity contribution is 0.0952. The van der Waals surface area contributed by atoms with Gasteiger partial charge in [-0.05, 0) is 19.3 Å². The van der Waals surface area contributed by atoms with Crippen LogP contribution in [0.5, 0.6) is 0 Å². The van der Waals surface area contributed by atoms with Gasteiger partial charge in [0.25, 0.3) is 5.91 Å². The van der Waals surface area contributed by atoms with E-state index in [0.717, 1.165) is 13.0 Å². The van der Waals surface area contributed by atoms with Crippen LogP contribution in [0.25, 0.3) is 0 Å². The predicted molar refractivity (Wildman–Crippen MR) is 77.2 cm³/mol. The first-order valence-corrected chi connectivity index (χ1v) is 6.51. The van der Waals surface area contributed by atoms with Crippen LogP contribution < -0.4 is 10.6 Å². The zero-order valence-electron chi connectivity index (χ0n) is 11.9. The molecular weight excluding hydrogens is 240 g/mol. The molecule has 0 radical (unpaired) electrons. The maximum absolute atomic E-state index is 11.8. The quantitative estimate of drug-likeness (QED) is 0.739. The molecule has 0 aromatic carbocycles. The van der Waals surface area contributed by atoms with E-state index in [1.54, 1.807) is 19.1 Å². The number of hydrogen-bond acceptors (Lipinski definition) is 4. The van der Waals surface area contributed by atoms with Gasteiger partial charge in [-0.3, -0.25) is 4.79 Å². The Bertz CT molecular complexity index is 443. The van der Waals surface area contributed by atoms with Crippen LogP contribution in [0.4, 0.5) is 5.82 Å². The first-order chi connectivity index (χ1) is 9.02. The number of carbonyl (C=O) groups excluding carboxylic acids is 1. The fourth-order valence-corrected chi connectivity index (χ4v) is 1.52. The van der Waals surface area contributed by atoms with E-state index >= 15 is 0 Å². The lowest BCUT2D eigenvalue weighted by Crippen LogP contribution is -2.25. The highest BCUT2D eigenvalue weighted by Gasteiger charge is 2.09. The van der Waals surface area contributed by atoms with E-state index in [9.17, 15) is 4.79 Å². The highest BCUT2D eigenvalue weighted by molar-refractivity contribution is 5.93. The lowest BCUT2D eigenvalue weighted by Gasteiger charge is -2.09. The van der Waals surface area contributed by atoms with Crippen LogP contribution in [0.1, 0.15) is 36.6 Å². The Morgan fingerprint density at radius 3 is 2.84 bits per heavy atom. The van der Waals surface area contributed by atoms with Crippen LogP contribution in [0.15, 0.2) is 18.7 Å². The molecule has 0 unspecified atom stereocenters. The average molecular weight is 262 g/mol. The van der Waals surface area contributed by atoms with E-state index in [-0.39, 0.29) is 5.91 Å². The zero-order valence-corrected chi connectivity index (χ0v) is 11.9. The second kappa shape index (κ2) is 7.51. The maximum Gasteiger partial charge on any atom is 0.270 e. The van der Waals surface area contributed by atoms with Crippen molar-refractivity contribution in [2.45, 2.75) is 27.2 Å². The molecule has 1 rings (SSSR count). The molecule has 0 fully saturated rings. The number of anilines is 1. The molecule has 0 aliphatic heterocycles. The molecule has 104 valence electrons. The largest absolute Gasteiger partial charge is 0.370 e. The van der Waals surface area contributed by atoms with Crippen LogP contribution in [0.2, 0.25) is 0 Å². The Kier molecular flexibility index (Phi) is 5.99. The van der Waals surface area contributed by atoms with Crippen molar-refractivity contribution in [2.24, 2.45) is 5.92 Å². The number of carbonyl (C=O) groups is 1. The van der Waals surface area contributed by atoms with Crippen LogP contribution in [-0.2, 0) is 0 Å². The molecule has 0 atom stereocenters. The number of rotatable bonds is 7. The number of nitrogens with zero attached hydrogens (tertiary/aromatic N) is 2. The number of aromatic nitrogens is 2. The van der Waals surface area contributed by atoms with Crippen molar-refractivity contribution in [3.63, 3.8) is 0 Å². The minimum absolute atomic E-state index is 0.211. The molecule has 0 spiro atoms. The van der Waals surface area contributed by atoms with E-state index in [1.807, 2.05) is 0 Å². The average Bonchev–Trinajstić information content (AvgIpc) is 2.34. The first-order valence-electron chi connectivity index (χ1n) is 6.51. The summed E-state index contributed by atoms with van der Waals surface area (Å²) in [6.45, 7) is 10.9. The van der Waals surface area contributed by atoms with Crippen molar-refractivity contribution in [1.82, 2.24) is 15.3 Å². The third-order valence-electron chi connectivity index (χ3n) is 2.51. The smallest absolute Gasteiger partial charge is 0.270 e. The summed E-state index contributed by atoms with van der Waals surface area (Å²) >= 11 is 0. The summed E-state index contributed by atoms with van der Waals surface area (Å²) in [4.78, 5) is 20.2. The topological polar surface area (TPSA) is 66.9 Å². The zero-order chi connectivity index (χ0) is 14.3. The summed E-state index contributed by atoms with van der Waals surface area (Å²) in [6.07, 6.45) is 2.69. The summed E-state index contributed by atoms with van der Waals surface area (Å²) in [5.74, 6) is 1.69. The van der Waals surface area contributed by atoms with Gasteiger partial charge in [0.15, 0.2) is 0 Å². The Labute approximate surface area is 114 Å². The van der Waals surface area contributed by atoms with E-state index < -0.39 is 0 Å². The second-order valence-electron chi connectivity index (χ2n) is 4.79. The molecule has 0 aliphatic rings. The van der Waals surface area contributed by atoms with Gasteiger partial charge in [-0.15, -0.1) is 6.58 Å². The molecule has 1 amide bonds. The van der Waals surface area contributed by atoms with Gasteiger partial charge in [-0.1, -0.05) is 19.9 Å². The number of amides is 1. The molecule has 5 nitrogen and oxygen atoms in total. The van der Waals surface area contributed by atoms with Crippen LogP contribution >= 0.6 is 0 Å². The number of hydrogen-bond donors (Lipinski definition) is 2. The molecule has 0 bridgehead atoms. The van der Waals surface area contributed by atoms with E-state index in [1.165, 1.54) is 0 Å². The minimum Gasteiger partial charge on any atom is -0.370 e. The molecular formula is C14H22N4O. The Balaban J connectivity index is 2.70.